The molecule has 0 fully saturated rings. The van der Waals surface area contributed by atoms with Gasteiger partial charge in [-0.3, -0.25) is 9.48 Å². The number of fused-ring (bicyclic) bond motifs is 1. The van der Waals surface area contributed by atoms with Crippen molar-refractivity contribution in [3.63, 3.8) is 0 Å². The lowest BCUT2D eigenvalue weighted by atomic mass is 10.1. The molecule has 0 unspecified atom stereocenters. The number of anilines is 2. The van der Waals surface area contributed by atoms with Gasteiger partial charge >= 0.3 is 6.18 Å². The number of hydrogen-bond donors (Lipinski definition) is 2. The Morgan fingerprint density at radius 1 is 1.09 bits per heavy atom. The van der Waals surface area contributed by atoms with Crippen LogP contribution in [0.2, 0.25) is 0 Å². The van der Waals surface area contributed by atoms with Crippen LogP contribution in [0.4, 0.5) is 28.9 Å². The van der Waals surface area contributed by atoms with Crippen LogP contribution in [-0.2, 0) is 12.7 Å². The number of aryl methyl sites for hydroxylation is 1. The first-order valence-corrected chi connectivity index (χ1v) is 9.90. The number of pyridine rings is 1. The molecule has 1 amide bonds. The number of nitrogens with one attached hydrogen (secondary N) is 1. The molecule has 0 atom stereocenters. The van der Waals surface area contributed by atoms with Gasteiger partial charge in [0.25, 0.3) is 5.91 Å². The SMILES string of the molecule is Cc1nn(Cc2ccc(F)cc2)c(C)c1NC(=O)c1cc(C(F)(F)F)nc2ccc(N)cc12. The van der Waals surface area contributed by atoms with E-state index in [1.807, 2.05) is 0 Å². The van der Waals surface area contributed by atoms with E-state index in [9.17, 15) is 22.4 Å². The second-order valence-corrected chi connectivity index (χ2v) is 7.61. The summed E-state index contributed by atoms with van der Waals surface area (Å²) >= 11 is 0. The number of hydrogen-bond acceptors (Lipinski definition) is 4. The van der Waals surface area contributed by atoms with Crippen molar-refractivity contribution in [2.24, 2.45) is 0 Å². The molecule has 2 heterocycles. The van der Waals surface area contributed by atoms with Crippen LogP contribution in [0.3, 0.4) is 0 Å². The number of aromatic nitrogens is 3. The minimum Gasteiger partial charge on any atom is -0.399 e. The molecule has 10 heteroatoms. The molecule has 170 valence electrons. The predicted molar refractivity (Wildman–Crippen MR) is 116 cm³/mol. The Morgan fingerprint density at radius 3 is 2.45 bits per heavy atom. The fourth-order valence-electron chi connectivity index (χ4n) is 3.55. The molecule has 0 aliphatic rings. The van der Waals surface area contributed by atoms with Crippen LogP contribution in [0, 0.1) is 19.7 Å². The molecular formula is C23H19F4N5O. The second kappa shape index (κ2) is 8.19. The fraction of sp³-hybridized carbons (Fsp3) is 0.174. The molecule has 0 radical (unpaired) electrons. The number of halogens is 4. The van der Waals surface area contributed by atoms with Gasteiger partial charge in [-0.2, -0.15) is 18.3 Å². The highest BCUT2D eigenvalue weighted by Crippen LogP contribution is 2.32. The van der Waals surface area contributed by atoms with Crippen molar-refractivity contribution in [2.75, 3.05) is 11.1 Å². The molecule has 0 aliphatic carbocycles. The zero-order valence-corrected chi connectivity index (χ0v) is 17.7. The number of alkyl halides is 3. The Balaban J connectivity index is 1.71. The smallest absolute Gasteiger partial charge is 0.399 e. The normalized spacial score (nSPS) is 11.7. The molecule has 2 aromatic heterocycles. The van der Waals surface area contributed by atoms with E-state index in [1.54, 1.807) is 30.7 Å². The molecule has 0 spiro atoms. The van der Waals surface area contributed by atoms with Gasteiger partial charge < -0.3 is 11.1 Å². The van der Waals surface area contributed by atoms with Crippen molar-refractivity contribution in [3.05, 3.63) is 82.6 Å². The average Bonchev–Trinajstić information content (AvgIpc) is 3.01. The molecule has 3 N–H and O–H groups in total. The number of nitrogens with two attached hydrogens (primary N) is 1. The van der Waals surface area contributed by atoms with Gasteiger partial charge in [0.05, 0.1) is 34.7 Å². The molecular weight excluding hydrogens is 438 g/mol. The Bertz CT molecular complexity index is 1360. The Morgan fingerprint density at radius 2 is 1.79 bits per heavy atom. The van der Waals surface area contributed by atoms with Crippen LogP contribution in [0.1, 0.15) is 33.0 Å². The third-order valence-corrected chi connectivity index (χ3v) is 5.23. The van der Waals surface area contributed by atoms with Crippen LogP contribution in [0.15, 0.2) is 48.5 Å². The summed E-state index contributed by atoms with van der Waals surface area (Å²) in [6, 6.07) is 10.8. The number of carbonyl (C=O) groups is 1. The lowest BCUT2D eigenvalue weighted by Crippen LogP contribution is -2.17. The monoisotopic (exact) mass is 457 g/mol. The number of carbonyl (C=O) groups excluding carboxylic acids is 1. The van der Waals surface area contributed by atoms with E-state index in [4.69, 9.17) is 5.73 Å². The first-order chi connectivity index (χ1) is 15.5. The van der Waals surface area contributed by atoms with Gasteiger partial charge in [0.15, 0.2) is 0 Å². The summed E-state index contributed by atoms with van der Waals surface area (Å²) < 4.78 is 54.9. The zero-order valence-electron chi connectivity index (χ0n) is 17.7. The van der Waals surface area contributed by atoms with Gasteiger partial charge in [-0.05, 0) is 55.8 Å². The van der Waals surface area contributed by atoms with Crippen LogP contribution in [0.25, 0.3) is 10.9 Å². The van der Waals surface area contributed by atoms with E-state index in [0.717, 1.165) is 5.56 Å². The molecule has 33 heavy (non-hydrogen) atoms. The molecule has 0 bridgehead atoms. The summed E-state index contributed by atoms with van der Waals surface area (Å²) in [5.74, 6) is -1.10. The minimum atomic E-state index is -4.73. The van der Waals surface area contributed by atoms with E-state index < -0.39 is 17.8 Å². The summed E-state index contributed by atoms with van der Waals surface area (Å²) in [7, 11) is 0. The highest BCUT2D eigenvalue weighted by atomic mass is 19.4. The van der Waals surface area contributed by atoms with Crippen molar-refractivity contribution in [1.82, 2.24) is 14.8 Å². The molecule has 6 nitrogen and oxygen atoms in total. The summed E-state index contributed by atoms with van der Waals surface area (Å²) in [6.45, 7) is 3.73. The minimum absolute atomic E-state index is 0.00428. The second-order valence-electron chi connectivity index (χ2n) is 7.61. The van der Waals surface area contributed by atoms with Crippen LogP contribution in [0.5, 0.6) is 0 Å². The van der Waals surface area contributed by atoms with Crippen molar-refractivity contribution >= 4 is 28.2 Å². The Hall–Kier alpha value is -3.95. The molecule has 0 saturated heterocycles. The van der Waals surface area contributed by atoms with Gasteiger partial charge in [0.2, 0.25) is 0 Å². The number of nitrogen functional groups attached to an aromatic ring is 1. The summed E-state index contributed by atoms with van der Waals surface area (Å²) in [4.78, 5) is 16.7. The van der Waals surface area contributed by atoms with Crippen LogP contribution in [-0.4, -0.2) is 20.7 Å². The highest BCUT2D eigenvalue weighted by Gasteiger charge is 2.34. The summed E-state index contributed by atoms with van der Waals surface area (Å²) in [5.41, 5.74) is 6.95. The van der Waals surface area contributed by atoms with E-state index in [1.165, 1.54) is 30.3 Å². The van der Waals surface area contributed by atoms with Crippen molar-refractivity contribution in [1.29, 1.82) is 0 Å². The molecule has 2 aromatic carbocycles. The van der Waals surface area contributed by atoms with Gasteiger partial charge in [0, 0.05) is 11.1 Å². The van der Waals surface area contributed by atoms with Crippen molar-refractivity contribution < 1.29 is 22.4 Å². The van der Waals surface area contributed by atoms with E-state index in [0.29, 0.717) is 29.7 Å². The fourth-order valence-corrected chi connectivity index (χ4v) is 3.55. The maximum Gasteiger partial charge on any atom is 0.433 e. The lowest BCUT2D eigenvalue weighted by molar-refractivity contribution is -0.140. The highest BCUT2D eigenvalue weighted by molar-refractivity contribution is 6.13. The van der Waals surface area contributed by atoms with E-state index >= 15 is 0 Å². The number of rotatable bonds is 4. The van der Waals surface area contributed by atoms with Gasteiger partial charge in [-0.25, -0.2) is 9.37 Å². The van der Waals surface area contributed by atoms with Crippen LogP contribution < -0.4 is 11.1 Å². The first kappa shape index (κ1) is 22.3. The van der Waals surface area contributed by atoms with E-state index in [-0.39, 0.29) is 28.0 Å². The third-order valence-electron chi connectivity index (χ3n) is 5.23. The number of nitrogens with zero attached hydrogens (tertiary/aromatic N) is 3. The number of amides is 1. The molecule has 4 aromatic rings. The van der Waals surface area contributed by atoms with Crippen molar-refractivity contribution in [3.8, 4) is 0 Å². The molecule has 0 saturated carbocycles. The molecule has 0 aliphatic heterocycles. The average molecular weight is 457 g/mol. The number of benzene rings is 2. The largest absolute Gasteiger partial charge is 0.433 e. The quantitative estimate of drug-likeness (QED) is 0.330. The van der Waals surface area contributed by atoms with Crippen molar-refractivity contribution in [2.45, 2.75) is 26.6 Å². The maximum atomic E-state index is 13.4. The maximum absolute atomic E-state index is 13.4. The van der Waals surface area contributed by atoms with Crippen LogP contribution >= 0.6 is 0 Å². The molecule has 4 rings (SSSR count). The van der Waals surface area contributed by atoms with Gasteiger partial charge in [-0.15, -0.1) is 0 Å². The van der Waals surface area contributed by atoms with Gasteiger partial charge in [0.1, 0.15) is 11.5 Å². The zero-order chi connectivity index (χ0) is 23.9. The summed E-state index contributed by atoms with van der Waals surface area (Å²) in [5, 5.41) is 7.29. The summed E-state index contributed by atoms with van der Waals surface area (Å²) in [6.07, 6.45) is -4.73. The Labute approximate surface area is 186 Å². The van der Waals surface area contributed by atoms with Gasteiger partial charge in [-0.1, -0.05) is 12.1 Å². The standard InChI is InChI=1S/C23H19F4N5O/c1-12-21(13(2)32(31-12)11-14-3-5-15(24)6-4-14)30-22(33)18-10-20(23(25,26)27)29-19-8-7-16(28)9-17(18)19/h3-10H,11,28H2,1-2H3,(H,30,33). The first-order valence-electron chi connectivity index (χ1n) is 9.90. The lowest BCUT2D eigenvalue weighted by Gasteiger charge is -2.13. The van der Waals surface area contributed by atoms with E-state index in [2.05, 4.69) is 15.4 Å². The predicted octanol–water partition coefficient (Wildman–Crippen LogP) is 5.09. The topological polar surface area (TPSA) is 85.8 Å². The Kier molecular flexibility index (Phi) is 5.52. The third kappa shape index (κ3) is 4.50.